The Kier molecular flexibility index (Phi) is 9.68. The summed E-state index contributed by atoms with van der Waals surface area (Å²) in [6.45, 7) is 1.73. The summed E-state index contributed by atoms with van der Waals surface area (Å²) >= 11 is 12.8. The van der Waals surface area contributed by atoms with Crippen LogP contribution in [0, 0.1) is 0 Å². The molecule has 3 heterocycles. The maximum atomic E-state index is 12.7. The maximum absolute atomic E-state index is 12.7. The Labute approximate surface area is 302 Å². The molecule has 1 aliphatic heterocycles. The number of benzene rings is 4. The van der Waals surface area contributed by atoms with E-state index < -0.39 is 11.4 Å². The van der Waals surface area contributed by atoms with Gasteiger partial charge in [0.2, 0.25) is 5.43 Å². The molecule has 2 aromatic heterocycles. The molecule has 2 aliphatic rings. The van der Waals surface area contributed by atoms with Crippen LogP contribution in [0.15, 0.2) is 125 Å². The van der Waals surface area contributed by atoms with E-state index in [1.165, 1.54) is 18.2 Å². The van der Waals surface area contributed by atoms with Crippen molar-refractivity contribution in [2.45, 2.75) is 26.2 Å². The molecule has 0 bridgehead atoms. The lowest BCUT2D eigenvalue weighted by Crippen LogP contribution is -2.24. The number of aromatic nitrogens is 2. The molecule has 1 aliphatic carbocycles. The molecule has 0 atom stereocenters. The van der Waals surface area contributed by atoms with Crippen LogP contribution in [-0.2, 0) is 26.2 Å². The van der Waals surface area contributed by atoms with Crippen LogP contribution >= 0.6 is 23.2 Å². The number of phenols is 1. The zero-order valence-electron chi connectivity index (χ0n) is 27.0. The minimum Gasteiger partial charge on any atom is -0.507 e. The van der Waals surface area contributed by atoms with Crippen LogP contribution in [0.4, 0.5) is 5.69 Å². The number of hydrogen-bond acceptors (Lipinski definition) is 8. The number of anilines is 1. The van der Waals surface area contributed by atoms with Gasteiger partial charge in [-0.05, 0) is 77.9 Å². The molecule has 0 amide bonds. The zero-order valence-corrected chi connectivity index (χ0v) is 28.5. The van der Waals surface area contributed by atoms with E-state index in [1.807, 2.05) is 48.5 Å². The monoisotopic (exact) mass is 716 g/mol. The summed E-state index contributed by atoms with van der Waals surface area (Å²) < 4.78 is 6.34. The topological polar surface area (TPSA) is 129 Å². The van der Waals surface area contributed by atoms with Crippen LogP contribution in [0.3, 0.4) is 0 Å². The molecular weight excluding hydrogens is 687 g/mol. The van der Waals surface area contributed by atoms with Crippen molar-refractivity contribution in [2.75, 3.05) is 5.32 Å². The average molecular weight is 718 g/mol. The molecule has 0 saturated carbocycles. The number of carboxylic acids is 1. The molecule has 3 N–H and O–H groups in total. The fourth-order valence-electron chi connectivity index (χ4n) is 6.25. The molecular formula is C40H30Cl2N4O5. The molecule has 254 valence electrons. The molecule has 3 aromatic carbocycles. The number of carboxylic acid groups (broad SMARTS) is 1. The maximum Gasteiger partial charge on any atom is 0.336 e. The summed E-state index contributed by atoms with van der Waals surface area (Å²) in [7, 11) is 0. The van der Waals surface area contributed by atoms with Gasteiger partial charge in [0.15, 0.2) is 0 Å². The number of aromatic carboxylic acids is 1. The van der Waals surface area contributed by atoms with Gasteiger partial charge in [-0.1, -0.05) is 53.5 Å². The van der Waals surface area contributed by atoms with E-state index in [-0.39, 0.29) is 34.2 Å². The van der Waals surface area contributed by atoms with Crippen LogP contribution in [0.2, 0.25) is 10.0 Å². The lowest BCUT2D eigenvalue weighted by Gasteiger charge is -2.24. The van der Waals surface area contributed by atoms with Gasteiger partial charge in [-0.25, -0.2) is 4.79 Å². The van der Waals surface area contributed by atoms with Crippen LogP contribution in [0.25, 0.3) is 33.4 Å². The molecule has 0 spiro atoms. The Bertz CT molecular complexity index is 2360. The van der Waals surface area contributed by atoms with E-state index in [9.17, 15) is 19.8 Å². The quantitative estimate of drug-likeness (QED) is 0.112. The first-order valence-electron chi connectivity index (χ1n) is 16.0. The predicted octanol–water partition coefficient (Wildman–Crippen LogP) is 8.88. The van der Waals surface area contributed by atoms with E-state index in [0.29, 0.717) is 52.3 Å². The van der Waals surface area contributed by atoms with Gasteiger partial charge in [0.25, 0.3) is 0 Å². The Morgan fingerprint density at radius 2 is 1.51 bits per heavy atom. The van der Waals surface area contributed by atoms with Gasteiger partial charge in [0.05, 0.1) is 27.5 Å². The van der Waals surface area contributed by atoms with Gasteiger partial charge in [-0.2, -0.15) is 0 Å². The van der Waals surface area contributed by atoms with Crippen LogP contribution in [0.5, 0.6) is 5.75 Å². The van der Waals surface area contributed by atoms with Crippen molar-refractivity contribution in [3.63, 3.8) is 0 Å². The fourth-order valence-corrected chi connectivity index (χ4v) is 6.61. The minimum atomic E-state index is -1.12. The van der Waals surface area contributed by atoms with Gasteiger partial charge < -0.3 is 19.9 Å². The van der Waals surface area contributed by atoms with E-state index in [1.54, 1.807) is 48.8 Å². The van der Waals surface area contributed by atoms with E-state index >= 15 is 0 Å². The second kappa shape index (κ2) is 14.6. The summed E-state index contributed by atoms with van der Waals surface area (Å²) in [6, 6.07) is 29.8. The van der Waals surface area contributed by atoms with Crippen molar-refractivity contribution >= 4 is 45.8 Å². The number of aromatic hydroxyl groups is 1. The Balaban J connectivity index is 1.29. The Hall–Kier alpha value is -5.74. The largest absolute Gasteiger partial charge is 0.507 e. The first-order valence-corrected chi connectivity index (χ1v) is 16.8. The second-order valence-corrected chi connectivity index (χ2v) is 12.8. The first kappa shape index (κ1) is 33.7. The zero-order chi connectivity index (χ0) is 35.5. The average Bonchev–Trinajstić information content (AvgIpc) is 3.12. The molecule has 51 heavy (non-hydrogen) atoms. The lowest BCUT2D eigenvalue weighted by molar-refractivity contribution is 0.0697. The van der Waals surface area contributed by atoms with E-state index in [2.05, 4.69) is 20.2 Å². The Morgan fingerprint density at radius 1 is 0.804 bits per heavy atom. The number of nitrogens with zero attached hydrogens (tertiary/aromatic N) is 3. The summed E-state index contributed by atoms with van der Waals surface area (Å²) in [5.41, 5.74) is 5.18. The van der Waals surface area contributed by atoms with Crippen molar-refractivity contribution in [1.29, 1.82) is 0 Å². The summed E-state index contributed by atoms with van der Waals surface area (Å²) in [6.07, 6.45) is 3.54. The van der Waals surface area contributed by atoms with Gasteiger partial charge in [0.1, 0.15) is 17.1 Å². The highest BCUT2D eigenvalue weighted by Gasteiger charge is 2.25. The SMILES string of the molecule is O=C(O)c1ccccc1-c1c2cc(Cl)c(=O)cc-2oc2c(CNc3ccc(Cl)cc3CN(Cc3ccccn3)Cc3ccccn3)c(O)ccc12. The third-order valence-electron chi connectivity index (χ3n) is 8.59. The molecule has 0 radical (unpaired) electrons. The van der Waals surface area contributed by atoms with Gasteiger partial charge in [-0.3, -0.25) is 19.7 Å². The van der Waals surface area contributed by atoms with Crippen LogP contribution in [-0.4, -0.2) is 31.1 Å². The number of halogens is 2. The van der Waals surface area contributed by atoms with Crippen molar-refractivity contribution in [3.05, 3.63) is 164 Å². The predicted molar refractivity (Wildman–Crippen MR) is 198 cm³/mol. The number of hydrogen-bond donors (Lipinski definition) is 3. The molecule has 0 unspecified atom stereocenters. The number of pyridine rings is 2. The number of nitrogens with one attached hydrogen (secondary N) is 1. The second-order valence-electron chi connectivity index (χ2n) is 12.0. The third-order valence-corrected chi connectivity index (χ3v) is 9.12. The molecule has 0 fully saturated rings. The highest BCUT2D eigenvalue weighted by Crippen LogP contribution is 2.44. The molecule has 5 aromatic rings. The van der Waals surface area contributed by atoms with Crippen molar-refractivity contribution < 1.29 is 19.4 Å². The van der Waals surface area contributed by atoms with Gasteiger partial charge >= 0.3 is 5.97 Å². The van der Waals surface area contributed by atoms with Crippen LogP contribution in [0.1, 0.15) is 32.9 Å². The normalized spacial score (nSPS) is 11.4. The molecule has 0 saturated heterocycles. The number of rotatable bonds is 11. The summed E-state index contributed by atoms with van der Waals surface area (Å²) in [5, 5.41) is 25.9. The smallest absolute Gasteiger partial charge is 0.336 e. The highest BCUT2D eigenvalue weighted by molar-refractivity contribution is 6.31. The lowest BCUT2D eigenvalue weighted by atomic mass is 9.90. The number of fused-ring (bicyclic) bond motifs is 2. The Morgan fingerprint density at radius 3 is 2.20 bits per heavy atom. The summed E-state index contributed by atoms with van der Waals surface area (Å²) in [4.78, 5) is 36.3. The standard InChI is InChI=1S/C40H30Cl2N4O5/c41-25-11-13-34(24(17-25)21-46(22-26-7-3-5-15-43-26)23-27-8-4-6-16-44-27)45-20-32-35(47)14-12-30-38(28-9-1-2-10-29(28)40(49)50)31-18-33(42)36(48)19-37(31)51-39(30)32/h1-19,45,47H,20-23H2,(H,49,50). The first-order chi connectivity index (χ1) is 24.7. The number of phenolic OH excluding ortho intramolecular Hbond substituents is 1. The minimum absolute atomic E-state index is 0.0258. The van der Waals surface area contributed by atoms with E-state index in [4.69, 9.17) is 27.6 Å². The molecule has 9 nitrogen and oxygen atoms in total. The van der Waals surface area contributed by atoms with Crippen molar-refractivity contribution in [2.24, 2.45) is 0 Å². The van der Waals surface area contributed by atoms with Crippen molar-refractivity contribution in [1.82, 2.24) is 14.9 Å². The summed E-state index contributed by atoms with van der Waals surface area (Å²) in [5.74, 6) is -0.963. The third kappa shape index (κ3) is 7.27. The highest BCUT2D eigenvalue weighted by atomic mass is 35.5. The van der Waals surface area contributed by atoms with Gasteiger partial charge in [-0.15, -0.1) is 0 Å². The number of carbonyl (C=O) groups is 1. The van der Waals surface area contributed by atoms with Crippen molar-refractivity contribution in [3.8, 4) is 28.2 Å². The molecule has 11 heteroatoms. The van der Waals surface area contributed by atoms with Gasteiger partial charge in [0, 0.05) is 71.9 Å². The fraction of sp³-hybridized carbons (Fsp3) is 0.100. The van der Waals surface area contributed by atoms with E-state index in [0.717, 1.165) is 22.6 Å². The molecule has 7 rings (SSSR count). The van der Waals surface area contributed by atoms with Crippen LogP contribution < -0.4 is 10.7 Å².